The Morgan fingerprint density at radius 2 is 1.88 bits per heavy atom. The van der Waals surface area contributed by atoms with Gasteiger partial charge in [0.2, 0.25) is 11.8 Å². The van der Waals surface area contributed by atoms with E-state index in [4.69, 9.17) is 9.15 Å². The average molecular weight is 398 g/mol. The van der Waals surface area contributed by atoms with Crippen LogP contribution in [0.3, 0.4) is 0 Å². The number of ether oxygens (including phenoxy) is 1. The summed E-state index contributed by atoms with van der Waals surface area (Å²) < 4.78 is 12.4. The number of nitriles is 1. The van der Waals surface area contributed by atoms with E-state index in [-0.39, 0.29) is 6.10 Å². The van der Waals surface area contributed by atoms with Gasteiger partial charge in [-0.2, -0.15) is 5.26 Å². The van der Waals surface area contributed by atoms with Crippen molar-refractivity contribution in [1.29, 1.82) is 5.26 Å². The first-order valence-electron chi connectivity index (χ1n) is 7.79. The van der Waals surface area contributed by atoms with Crippen LogP contribution in [0.25, 0.3) is 22.9 Å². The first-order chi connectivity index (χ1) is 12.0. The fourth-order valence-corrected chi connectivity index (χ4v) is 2.90. The van der Waals surface area contributed by atoms with Crippen LogP contribution in [0.5, 0.6) is 5.75 Å². The summed E-state index contributed by atoms with van der Waals surface area (Å²) in [4.78, 5) is 0. The number of halogens is 1. The Labute approximate surface area is 154 Å². The van der Waals surface area contributed by atoms with E-state index in [0.717, 1.165) is 15.6 Å². The molecular formula is C19H16BrN3O2. The normalized spacial score (nSPS) is 10.7. The molecule has 0 saturated carbocycles. The number of rotatable bonds is 4. The number of aryl methyl sites for hydroxylation is 1. The van der Waals surface area contributed by atoms with Gasteiger partial charge in [-0.1, -0.05) is 15.9 Å². The lowest BCUT2D eigenvalue weighted by atomic mass is 10.1. The molecule has 1 heterocycles. The van der Waals surface area contributed by atoms with Crippen molar-refractivity contribution in [2.45, 2.75) is 26.9 Å². The maximum Gasteiger partial charge on any atom is 0.248 e. The molecule has 0 bridgehead atoms. The number of nitrogens with zero attached hydrogens (tertiary/aromatic N) is 3. The Morgan fingerprint density at radius 3 is 2.56 bits per heavy atom. The summed E-state index contributed by atoms with van der Waals surface area (Å²) in [5, 5.41) is 17.6. The van der Waals surface area contributed by atoms with Crippen LogP contribution in [0.2, 0.25) is 0 Å². The maximum atomic E-state index is 9.35. The summed E-state index contributed by atoms with van der Waals surface area (Å²) in [6.45, 7) is 5.82. The predicted molar refractivity (Wildman–Crippen MR) is 98.1 cm³/mol. The molecule has 0 fully saturated rings. The van der Waals surface area contributed by atoms with Gasteiger partial charge in [-0.25, -0.2) is 0 Å². The third-order valence-electron chi connectivity index (χ3n) is 3.55. The largest absolute Gasteiger partial charge is 0.490 e. The predicted octanol–water partition coefficient (Wildman–Crippen LogP) is 5.13. The zero-order valence-electron chi connectivity index (χ0n) is 14.1. The second-order valence-corrected chi connectivity index (χ2v) is 6.78. The first kappa shape index (κ1) is 17.2. The Bertz CT molecular complexity index is 958. The van der Waals surface area contributed by atoms with Crippen molar-refractivity contribution in [2.24, 2.45) is 0 Å². The molecule has 1 aromatic heterocycles. The molecule has 0 aliphatic rings. The smallest absolute Gasteiger partial charge is 0.248 e. The molecule has 3 rings (SSSR count). The molecule has 0 radical (unpaired) electrons. The van der Waals surface area contributed by atoms with Gasteiger partial charge in [0.15, 0.2) is 0 Å². The molecule has 0 unspecified atom stereocenters. The Kier molecular flexibility index (Phi) is 4.86. The molecule has 0 amide bonds. The van der Waals surface area contributed by atoms with Crippen LogP contribution < -0.4 is 4.74 Å². The first-order valence-corrected chi connectivity index (χ1v) is 8.58. The number of benzene rings is 2. The van der Waals surface area contributed by atoms with E-state index < -0.39 is 0 Å². The molecule has 25 heavy (non-hydrogen) atoms. The third-order valence-corrected chi connectivity index (χ3v) is 4.05. The van der Waals surface area contributed by atoms with Crippen molar-refractivity contribution >= 4 is 15.9 Å². The molecular weight excluding hydrogens is 382 g/mol. The summed E-state index contributed by atoms with van der Waals surface area (Å²) in [6.07, 6.45) is -0.00617. The van der Waals surface area contributed by atoms with E-state index in [1.165, 1.54) is 0 Å². The summed E-state index contributed by atoms with van der Waals surface area (Å²) >= 11 is 3.44. The number of hydrogen-bond acceptors (Lipinski definition) is 5. The van der Waals surface area contributed by atoms with E-state index in [1.54, 1.807) is 12.1 Å². The van der Waals surface area contributed by atoms with Gasteiger partial charge >= 0.3 is 0 Å². The van der Waals surface area contributed by atoms with Gasteiger partial charge in [-0.3, -0.25) is 0 Å². The Hall–Kier alpha value is -2.65. The van der Waals surface area contributed by atoms with E-state index in [2.05, 4.69) is 32.2 Å². The molecule has 6 heteroatoms. The van der Waals surface area contributed by atoms with Crippen molar-refractivity contribution in [3.63, 3.8) is 0 Å². The van der Waals surface area contributed by atoms with Gasteiger partial charge < -0.3 is 9.15 Å². The molecule has 0 aliphatic carbocycles. The summed E-state index contributed by atoms with van der Waals surface area (Å²) in [5.41, 5.74) is 3.03. The van der Waals surface area contributed by atoms with Crippen LogP contribution in [0.1, 0.15) is 25.0 Å². The molecule has 2 aromatic carbocycles. The number of hydrogen-bond donors (Lipinski definition) is 0. The van der Waals surface area contributed by atoms with Crippen LogP contribution in [-0.4, -0.2) is 16.3 Å². The molecule has 5 nitrogen and oxygen atoms in total. The number of aromatic nitrogens is 2. The molecule has 0 spiro atoms. The van der Waals surface area contributed by atoms with E-state index in [1.807, 2.05) is 45.0 Å². The second-order valence-electron chi connectivity index (χ2n) is 5.86. The highest BCUT2D eigenvalue weighted by Gasteiger charge is 2.15. The van der Waals surface area contributed by atoms with E-state index in [0.29, 0.717) is 28.7 Å². The highest BCUT2D eigenvalue weighted by Crippen LogP contribution is 2.30. The van der Waals surface area contributed by atoms with Gasteiger partial charge in [0.25, 0.3) is 0 Å². The minimum atomic E-state index is -0.00617. The molecule has 0 atom stereocenters. The van der Waals surface area contributed by atoms with Crippen LogP contribution in [-0.2, 0) is 0 Å². The van der Waals surface area contributed by atoms with Gasteiger partial charge in [0.1, 0.15) is 11.8 Å². The highest BCUT2D eigenvalue weighted by molar-refractivity contribution is 9.10. The summed E-state index contributed by atoms with van der Waals surface area (Å²) in [6, 6.07) is 13.3. The van der Waals surface area contributed by atoms with Crippen molar-refractivity contribution in [3.05, 3.63) is 52.0 Å². The van der Waals surface area contributed by atoms with Crippen molar-refractivity contribution in [3.8, 4) is 34.7 Å². The molecule has 0 aliphatic heterocycles. The fourth-order valence-electron chi connectivity index (χ4n) is 2.42. The maximum absolute atomic E-state index is 9.35. The van der Waals surface area contributed by atoms with Crippen LogP contribution in [0.4, 0.5) is 0 Å². The lowest BCUT2D eigenvalue weighted by Crippen LogP contribution is -2.06. The van der Waals surface area contributed by atoms with Gasteiger partial charge in [0.05, 0.1) is 11.7 Å². The van der Waals surface area contributed by atoms with E-state index in [9.17, 15) is 5.26 Å². The quantitative estimate of drug-likeness (QED) is 0.609. The topological polar surface area (TPSA) is 71.9 Å². The lowest BCUT2D eigenvalue weighted by molar-refractivity contribution is 0.242. The zero-order chi connectivity index (χ0) is 18.0. The summed E-state index contributed by atoms with van der Waals surface area (Å²) in [7, 11) is 0. The standard InChI is InChI=1S/C19H16BrN3O2/c1-11(2)24-17-7-4-13(9-14(17)10-21)18-22-23-19(25-18)16-6-5-15(20)8-12(16)3/h4-9,11H,1-3H3. The fraction of sp³-hybridized carbons (Fsp3) is 0.211. The molecule has 0 N–H and O–H groups in total. The Balaban J connectivity index is 1.96. The monoisotopic (exact) mass is 397 g/mol. The highest BCUT2D eigenvalue weighted by atomic mass is 79.9. The average Bonchev–Trinajstić information content (AvgIpc) is 3.04. The van der Waals surface area contributed by atoms with E-state index >= 15 is 0 Å². The van der Waals surface area contributed by atoms with Crippen molar-refractivity contribution in [1.82, 2.24) is 10.2 Å². The van der Waals surface area contributed by atoms with Crippen LogP contribution >= 0.6 is 15.9 Å². The molecule has 3 aromatic rings. The van der Waals surface area contributed by atoms with Crippen LogP contribution in [0, 0.1) is 18.3 Å². The lowest BCUT2D eigenvalue weighted by Gasteiger charge is -2.11. The van der Waals surface area contributed by atoms with Gasteiger partial charge in [0, 0.05) is 15.6 Å². The molecule has 126 valence electrons. The summed E-state index contributed by atoms with van der Waals surface area (Å²) in [5.74, 6) is 1.36. The Morgan fingerprint density at radius 1 is 1.12 bits per heavy atom. The molecule has 0 saturated heterocycles. The zero-order valence-corrected chi connectivity index (χ0v) is 15.7. The van der Waals surface area contributed by atoms with Crippen LogP contribution in [0.15, 0.2) is 45.3 Å². The minimum absolute atomic E-state index is 0.00617. The second kappa shape index (κ2) is 7.08. The van der Waals surface area contributed by atoms with Gasteiger partial charge in [-0.15, -0.1) is 10.2 Å². The van der Waals surface area contributed by atoms with Crippen molar-refractivity contribution in [2.75, 3.05) is 0 Å². The minimum Gasteiger partial charge on any atom is -0.490 e. The van der Waals surface area contributed by atoms with Gasteiger partial charge in [-0.05, 0) is 62.7 Å². The third kappa shape index (κ3) is 3.72. The van der Waals surface area contributed by atoms with Crippen molar-refractivity contribution < 1.29 is 9.15 Å². The SMILES string of the molecule is Cc1cc(Br)ccc1-c1nnc(-c2ccc(OC(C)C)c(C#N)c2)o1.